The van der Waals surface area contributed by atoms with Crippen molar-refractivity contribution in [2.45, 2.75) is 39.3 Å². The van der Waals surface area contributed by atoms with Crippen molar-refractivity contribution in [1.29, 1.82) is 0 Å². The molecule has 0 spiro atoms. The number of hydrogen-bond acceptors (Lipinski definition) is 3. The molecule has 1 amide bonds. The van der Waals surface area contributed by atoms with Crippen LogP contribution in [0.5, 0.6) is 0 Å². The molecule has 0 unspecified atom stereocenters. The monoisotopic (exact) mass is 175 g/mol. The van der Waals surface area contributed by atoms with Crippen LogP contribution in [-0.4, -0.2) is 29.4 Å². The van der Waals surface area contributed by atoms with Gasteiger partial charge in [0.2, 0.25) is 0 Å². The molecular formula is C8H17NO3. The van der Waals surface area contributed by atoms with Gasteiger partial charge in [-0.15, -0.1) is 0 Å². The SMILES string of the molecule is C[C@@H](O)COC(=O)NC(C)(C)C. The van der Waals surface area contributed by atoms with E-state index in [0.717, 1.165) is 0 Å². The number of hydrogen-bond donors (Lipinski definition) is 2. The minimum atomic E-state index is -0.615. The molecule has 1 atom stereocenters. The van der Waals surface area contributed by atoms with Crippen molar-refractivity contribution in [3.63, 3.8) is 0 Å². The molecule has 0 bridgehead atoms. The summed E-state index contributed by atoms with van der Waals surface area (Å²) >= 11 is 0. The van der Waals surface area contributed by atoms with E-state index >= 15 is 0 Å². The van der Waals surface area contributed by atoms with Crippen LogP contribution in [0.4, 0.5) is 4.79 Å². The Kier molecular flexibility index (Phi) is 4.03. The lowest BCUT2D eigenvalue weighted by atomic mass is 10.1. The summed E-state index contributed by atoms with van der Waals surface area (Å²) in [5, 5.41) is 11.4. The molecule has 0 aliphatic rings. The molecule has 0 radical (unpaired) electrons. The Labute approximate surface area is 72.9 Å². The largest absolute Gasteiger partial charge is 0.447 e. The zero-order chi connectivity index (χ0) is 9.78. The summed E-state index contributed by atoms with van der Waals surface area (Å²) in [5.41, 5.74) is -0.296. The van der Waals surface area contributed by atoms with E-state index in [1.165, 1.54) is 0 Å². The van der Waals surface area contributed by atoms with Crippen LogP contribution in [-0.2, 0) is 4.74 Å². The Hall–Kier alpha value is -0.770. The average molecular weight is 175 g/mol. The van der Waals surface area contributed by atoms with E-state index in [0.29, 0.717) is 0 Å². The first-order chi connectivity index (χ1) is 5.31. The number of nitrogens with one attached hydrogen (secondary N) is 1. The standard InChI is InChI=1S/C8H17NO3/c1-6(10)5-12-7(11)9-8(2,3)4/h6,10H,5H2,1-4H3,(H,9,11)/t6-/m1/s1. The molecule has 12 heavy (non-hydrogen) atoms. The quantitative estimate of drug-likeness (QED) is 0.655. The Morgan fingerprint density at radius 1 is 1.58 bits per heavy atom. The summed E-state index contributed by atoms with van der Waals surface area (Å²) in [6.45, 7) is 7.16. The molecule has 4 nitrogen and oxygen atoms in total. The van der Waals surface area contributed by atoms with Gasteiger partial charge in [0, 0.05) is 5.54 Å². The highest BCUT2D eigenvalue weighted by molar-refractivity contribution is 5.68. The van der Waals surface area contributed by atoms with Crippen LogP contribution in [0.15, 0.2) is 0 Å². The van der Waals surface area contributed by atoms with Crippen molar-refractivity contribution >= 4 is 6.09 Å². The Bertz CT molecular complexity index is 149. The number of carbonyl (C=O) groups is 1. The van der Waals surface area contributed by atoms with Gasteiger partial charge in [0.25, 0.3) is 0 Å². The van der Waals surface area contributed by atoms with Gasteiger partial charge < -0.3 is 15.2 Å². The lowest BCUT2D eigenvalue weighted by Crippen LogP contribution is -2.41. The van der Waals surface area contributed by atoms with E-state index in [4.69, 9.17) is 5.11 Å². The molecular weight excluding hydrogens is 158 g/mol. The molecule has 0 aromatic heterocycles. The van der Waals surface area contributed by atoms with E-state index in [1.54, 1.807) is 6.92 Å². The van der Waals surface area contributed by atoms with Gasteiger partial charge in [-0.1, -0.05) is 0 Å². The van der Waals surface area contributed by atoms with Gasteiger partial charge >= 0.3 is 6.09 Å². The summed E-state index contributed by atoms with van der Waals surface area (Å²) in [6, 6.07) is 0. The zero-order valence-electron chi connectivity index (χ0n) is 8.05. The molecule has 0 heterocycles. The fourth-order valence-electron chi connectivity index (χ4n) is 0.539. The Morgan fingerprint density at radius 3 is 2.42 bits per heavy atom. The second-order valence-electron chi connectivity index (χ2n) is 3.82. The van der Waals surface area contributed by atoms with Crippen molar-refractivity contribution in [2.75, 3.05) is 6.61 Å². The van der Waals surface area contributed by atoms with E-state index in [2.05, 4.69) is 10.1 Å². The van der Waals surface area contributed by atoms with Gasteiger partial charge in [0.1, 0.15) is 6.61 Å². The fraction of sp³-hybridized carbons (Fsp3) is 0.875. The fourth-order valence-corrected chi connectivity index (χ4v) is 0.539. The maximum atomic E-state index is 10.9. The third-order valence-corrected chi connectivity index (χ3v) is 0.933. The Morgan fingerprint density at radius 2 is 2.08 bits per heavy atom. The summed E-state index contributed by atoms with van der Waals surface area (Å²) in [6.07, 6.45) is -1.11. The highest BCUT2D eigenvalue weighted by Gasteiger charge is 2.14. The van der Waals surface area contributed by atoms with Crippen LogP contribution < -0.4 is 5.32 Å². The minimum Gasteiger partial charge on any atom is -0.447 e. The Balaban J connectivity index is 3.61. The zero-order valence-corrected chi connectivity index (χ0v) is 8.05. The summed E-state index contributed by atoms with van der Waals surface area (Å²) in [5.74, 6) is 0. The van der Waals surface area contributed by atoms with Gasteiger partial charge in [-0.3, -0.25) is 0 Å². The number of amides is 1. The van der Waals surface area contributed by atoms with E-state index < -0.39 is 12.2 Å². The lowest BCUT2D eigenvalue weighted by molar-refractivity contribution is 0.0742. The van der Waals surface area contributed by atoms with Crippen molar-refractivity contribution in [3.8, 4) is 0 Å². The van der Waals surface area contributed by atoms with Crippen molar-refractivity contribution in [1.82, 2.24) is 5.32 Å². The number of ether oxygens (including phenoxy) is 1. The van der Waals surface area contributed by atoms with Crippen LogP contribution >= 0.6 is 0 Å². The number of aliphatic hydroxyl groups excluding tert-OH is 1. The first-order valence-electron chi connectivity index (χ1n) is 3.94. The summed E-state index contributed by atoms with van der Waals surface area (Å²) < 4.78 is 4.68. The number of rotatable bonds is 2. The minimum absolute atomic E-state index is 0.0297. The van der Waals surface area contributed by atoms with Crippen LogP contribution in [0.25, 0.3) is 0 Å². The molecule has 4 heteroatoms. The third-order valence-electron chi connectivity index (χ3n) is 0.933. The molecule has 0 aliphatic carbocycles. The van der Waals surface area contributed by atoms with Crippen LogP contribution in [0.1, 0.15) is 27.7 Å². The topological polar surface area (TPSA) is 58.6 Å². The highest BCUT2D eigenvalue weighted by atomic mass is 16.6. The molecule has 0 aromatic carbocycles. The van der Waals surface area contributed by atoms with Crippen molar-refractivity contribution < 1.29 is 14.6 Å². The highest BCUT2D eigenvalue weighted by Crippen LogP contribution is 1.98. The smallest absolute Gasteiger partial charge is 0.407 e. The van der Waals surface area contributed by atoms with Gasteiger partial charge in [0.05, 0.1) is 6.10 Å². The average Bonchev–Trinajstić information content (AvgIpc) is 1.79. The summed E-state index contributed by atoms with van der Waals surface area (Å²) in [4.78, 5) is 10.9. The predicted molar refractivity (Wildman–Crippen MR) is 45.9 cm³/mol. The molecule has 0 rings (SSSR count). The van der Waals surface area contributed by atoms with Crippen molar-refractivity contribution in [3.05, 3.63) is 0 Å². The predicted octanol–water partition coefficient (Wildman–Crippen LogP) is 0.892. The van der Waals surface area contributed by atoms with Crippen molar-refractivity contribution in [2.24, 2.45) is 0 Å². The third kappa shape index (κ3) is 7.34. The first kappa shape index (κ1) is 11.2. The molecule has 0 aliphatic heterocycles. The second kappa shape index (κ2) is 4.30. The second-order valence-corrected chi connectivity index (χ2v) is 3.82. The molecule has 0 aromatic rings. The van der Waals surface area contributed by atoms with Gasteiger partial charge in [0.15, 0.2) is 0 Å². The normalized spacial score (nSPS) is 13.8. The van der Waals surface area contributed by atoms with Gasteiger partial charge in [-0.2, -0.15) is 0 Å². The van der Waals surface area contributed by atoms with E-state index in [1.807, 2.05) is 20.8 Å². The van der Waals surface area contributed by atoms with Crippen LogP contribution in [0, 0.1) is 0 Å². The van der Waals surface area contributed by atoms with Gasteiger partial charge in [-0.25, -0.2) is 4.79 Å². The maximum absolute atomic E-state index is 10.9. The van der Waals surface area contributed by atoms with Gasteiger partial charge in [-0.05, 0) is 27.7 Å². The van der Waals surface area contributed by atoms with E-state index in [9.17, 15) is 4.79 Å². The number of carbonyl (C=O) groups excluding carboxylic acids is 1. The molecule has 0 saturated carbocycles. The molecule has 0 saturated heterocycles. The molecule has 2 N–H and O–H groups in total. The lowest BCUT2D eigenvalue weighted by Gasteiger charge is -2.20. The number of alkyl carbamates (subject to hydrolysis) is 1. The van der Waals surface area contributed by atoms with E-state index in [-0.39, 0.29) is 12.1 Å². The maximum Gasteiger partial charge on any atom is 0.407 e. The van der Waals surface area contributed by atoms with Crippen LogP contribution in [0.2, 0.25) is 0 Å². The molecule has 72 valence electrons. The molecule has 0 fully saturated rings. The summed E-state index contributed by atoms with van der Waals surface area (Å²) in [7, 11) is 0. The number of aliphatic hydroxyl groups is 1. The van der Waals surface area contributed by atoms with Crippen LogP contribution in [0.3, 0.4) is 0 Å². The first-order valence-corrected chi connectivity index (χ1v) is 3.94.